The highest BCUT2D eigenvalue weighted by Crippen LogP contribution is 2.32. The van der Waals surface area contributed by atoms with Gasteiger partial charge in [-0.2, -0.15) is 0 Å². The first kappa shape index (κ1) is 33.4. The number of benzene rings is 2. The van der Waals surface area contributed by atoms with Gasteiger partial charge in [0.25, 0.3) is 0 Å². The van der Waals surface area contributed by atoms with Gasteiger partial charge in [-0.1, -0.05) is 68.5 Å². The van der Waals surface area contributed by atoms with Crippen LogP contribution in [-0.2, 0) is 27.2 Å². The molecule has 3 amide bonds. The molecule has 0 spiro atoms. The number of amides is 3. The number of hydrogen-bond donors (Lipinski definition) is 3. The fourth-order valence-corrected chi connectivity index (χ4v) is 6.14. The number of rotatable bonds is 14. The van der Waals surface area contributed by atoms with Crippen molar-refractivity contribution in [2.24, 2.45) is 11.1 Å². The monoisotopic (exact) mass is 618 g/mol. The summed E-state index contributed by atoms with van der Waals surface area (Å²) in [5, 5.41) is 16.7. The number of likely N-dealkylation sites (N-methyl/N-ethyl adjacent to an activating group) is 2. The van der Waals surface area contributed by atoms with Crippen LogP contribution >= 0.6 is 11.3 Å². The molecule has 1 saturated carbocycles. The molecule has 4 rings (SSSR count). The van der Waals surface area contributed by atoms with Gasteiger partial charge < -0.3 is 26.0 Å². The van der Waals surface area contributed by atoms with Crippen LogP contribution in [0, 0.1) is 5.41 Å². The van der Waals surface area contributed by atoms with E-state index in [-0.39, 0.29) is 42.8 Å². The van der Waals surface area contributed by atoms with Crippen molar-refractivity contribution in [3.8, 4) is 0 Å². The van der Waals surface area contributed by atoms with Crippen LogP contribution in [0.2, 0.25) is 0 Å². The van der Waals surface area contributed by atoms with Crippen LogP contribution < -0.4 is 11.1 Å². The topological polar surface area (TPSA) is 116 Å². The third kappa shape index (κ3) is 8.55. The summed E-state index contributed by atoms with van der Waals surface area (Å²) in [6, 6.07) is 16.3. The van der Waals surface area contributed by atoms with Gasteiger partial charge in [0.2, 0.25) is 17.7 Å². The molecule has 3 aromatic rings. The van der Waals surface area contributed by atoms with Crippen molar-refractivity contribution in [1.29, 1.82) is 0 Å². The van der Waals surface area contributed by atoms with Gasteiger partial charge in [0.1, 0.15) is 12.1 Å². The lowest BCUT2D eigenvalue weighted by atomic mass is 9.75. The Morgan fingerprint density at radius 3 is 2.39 bits per heavy atom. The highest BCUT2D eigenvalue weighted by molar-refractivity contribution is 7.09. The van der Waals surface area contributed by atoms with E-state index < -0.39 is 17.5 Å². The fourth-order valence-electron chi connectivity index (χ4n) is 5.39. The molecule has 0 aliphatic heterocycles. The number of aliphatic hydroxyl groups is 1. The molecule has 2 atom stereocenters. The minimum Gasteiger partial charge on any atom is -0.396 e. The second-order valence-corrected chi connectivity index (χ2v) is 14.0. The maximum atomic E-state index is 14.3. The molecule has 1 aromatic heterocycles. The van der Waals surface area contributed by atoms with E-state index in [9.17, 15) is 19.5 Å². The zero-order valence-corrected chi connectivity index (χ0v) is 27.1. The first-order valence-corrected chi connectivity index (χ1v) is 16.2. The number of fused-ring (bicyclic) bond motifs is 1. The Balaban J connectivity index is 1.61. The zero-order valence-electron chi connectivity index (χ0n) is 26.3. The molecule has 1 heterocycles. The Bertz CT molecular complexity index is 1460. The average Bonchev–Trinajstić information content (AvgIpc) is 3.52. The van der Waals surface area contributed by atoms with Crippen LogP contribution in [0.1, 0.15) is 50.0 Å². The predicted molar refractivity (Wildman–Crippen MR) is 177 cm³/mol. The Morgan fingerprint density at radius 1 is 1.02 bits per heavy atom. The maximum Gasteiger partial charge on any atom is 0.246 e. The molecule has 1 aliphatic rings. The molecule has 44 heavy (non-hydrogen) atoms. The summed E-state index contributed by atoms with van der Waals surface area (Å²) >= 11 is 1.52. The van der Waals surface area contributed by atoms with Gasteiger partial charge in [0.05, 0.1) is 0 Å². The van der Waals surface area contributed by atoms with Crippen molar-refractivity contribution in [3.63, 3.8) is 0 Å². The molecule has 0 unspecified atom stereocenters. The average molecular weight is 619 g/mol. The van der Waals surface area contributed by atoms with E-state index in [0.717, 1.165) is 40.5 Å². The molecule has 0 radical (unpaired) electrons. The molecule has 2 aromatic carbocycles. The summed E-state index contributed by atoms with van der Waals surface area (Å²) in [5.41, 5.74) is 6.51. The lowest BCUT2D eigenvalue weighted by Gasteiger charge is -2.37. The number of nitrogens with zero attached hydrogens (tertiary/aromatic N) is 2. The minimum atomic E-state index is -0.846. The van der Waals surface area contributed by atoms with Crippen molar-refractivity contribution in [1.82, 2.24) is 15.1 Å². The van der Waals surface area contributed by atoms with Gasteiger partial charge in [-0.05, 0) is 59.5 Å². The molecule has 8 nitrogen and oxygen atoms in total. The van der Waals surface area contributed by atoms with Crippen LogP contribution in [0.25, 0.3) is 10.8 Å². The van der Waals surface area contributed by atoms with Crippen LogP contribution in [0.4, 0.5) is 0 Å². The highest BCUT2D eigenvalue weighted by Gasteiger charge is 2.36. The van der Waals surface area contributed by atoms with E-state index >= 15 is 0 Å². The number of hydrogen-bond acceptors (Lipinski definition) is 6. The molecule has 236 valence electrons. The number of carbonyl (C=O) groups is 3. The highest BCUT2D eigenvalue weighted by atomic mass is 32.1. The summed E-state index contributed by atoms with van der Waals surface area (Å²) in [6.45, 7) is 3.90. The second kappa shape index (κ2) is 14.5. The molecule has 0 saturated heterocycles. The summed E-state index contributed by atoms with van der Waals surface area (Å²) in [5.74, 6) is -0.915. The zero-order chi connectivity index (χ0) is 31.9. The second-order valence-electron chi connectivity index (χ2n) is 13.0. The summed E-state index contributed by atoms with van der Waals surface area (Å²) in [4.78, 5) is 45.3. The smallest absolute Gasteiger partial charge is 0.246 e. The Morgan fingerprint density at radius 2 is 1.75 bits per heavy atom. The van der Waals surface area contributed by atoms with Crippen LogP contribution in [0.3, 0.4) is 0 Å². The normalized spacial score (nSPS) is 15.9. The minimum absolute atomic E-state index is 0.0861. The standard InChI is InChI=1S/C35H46N4O4S/c1-34(2,24-40)23-37-32(42)29(22-28-12-8-19-44-28)39(4)33(43)30(21-25-14-15-26-10-5-6-11-27(26)20-25)38(3)31(41)13-7-16-35(36)17-9-18-35/h5-8,10-15,19-20,29-30,40H,9,16-18,21-24,36H2,1-4H3,(H,37,42)/b13-7+/t29-,30-/m1/s1. The van der Waals surface area contributed by atoms with Crippen molar-refractivity contribution in [2.75, 3.05) is 27.2 Å². The van der Waals surface area contributed by atoms with E-state index in [1.807, 2.05) is 79.9 Å². The van der Waals surface area contributed by atoms with Crippen LogP contribution in [-0.4, -0.2) is 77.5 Å². The van der Waals surface area contributed by atoms with Crippen molar-refractivity contribution in [3.05, 3.63) is 82.6 Å². The van der Waals surface area contributed by atoms with Gasteiger partial charge >= 0.3 is 0 Å². The number of thiophene rings is 1. The SMILES string of the molecule is CN(C(=O)/C=C/CC1(N)CCC1)[C@H](Cc1ccc2ccccc2c1)C(=O)N(C)[C@H](Cc1cccs1)C(=O)NCC(C)(C)CO. The number of nitrogens with one attached hydrogen (secondary N) is 1. The quantitative estimate of drug-likeness (QED) is 0.233. The van der Waals surface area contributed by atoms with E-state index in [4.69, 9.17) is 5.73 Å². The first-order valence-electron chi connectivity index (χ1n) is 15.3. The maximum absolute atomic E-state index is 14.3. The Labute approximate surface area is 264 Å². The van der Waals surface area contributed by atoms with Crippen LogP contribution in [0.5, 0.6) is 0 Å². The predicted octanol–water partition coefficient (Wildman–Crippen LogP) is 4.30. The molecular formula is C35H46N4O4S. The summed E-state index contributed by atoms with van der Waals surface area (Å²) < 4.78 is 0. The van der Waals surface area contributed by atoms with E-state index in [2.05, 4.69) is 5.32 Å². The molecule has 9 heteroatoms. The largest absolute Gasteiger partial charge is 0.396 e. The van der Waals surface area contributed by atoms with Crippen molar-refractivity contribution >= 4 is 39.8 Å². The van der Waals surface area contributed by atoms with E-state index in [1.54, 1.807) is 14.1 Å². The van der Waals surface area contributed by atoms with Gasteiger partial charge in [0, 0.05) is 55.9 Å². The van der Waals surface area contributed by atoms with Crippen molar-refractivity contribution < 1.29 is 19.5 Å². The molecular weight excluding hydrogens is 572 g/mol. The Hall–Kier alpha value is -3.53. The fraction of sp³-hybridized carbons (Fsp3) is 0.457. The van der Waals surface area contributed by atoms with Crippen molar-refractivity contribution in [2.45, 2.75) is 70.0 Å². The van der Waals surface area contributed by atoms with Crippen LogP contribution in [0.15, 0.2) is 72.1 Å². The lowest BCUT2D eigenvalue weighted by Crippen LogP contribution is -2.56. The first-order chi connectivity index (χ1) is 20.9. The number of aliphatic hydroxyl groups excluding tert-OH is 1. The van der Waals surface area contributed by atoms with Gasteiger partial charge in [-0.15, -0.1) is 11.3 Å². The molecule has 1 fully saturated rings. The molecule has 1 aliphatic carbocycles. The summed E-state index contributed by atoms with van der Waals surface area (Å²) in [7, 11) is 3.28. The lowest BCUT2D eigenvalue weighted by molar-refractivity contribution is -0.146. The third-order valence-electron chi connectivity index (χ3n) is 8.74. The molecule has 4 N–H and O–H groups in total. The number of carbonyl (C=O) groups excluding carboxylic acids is 3. The Kier molecular flexibility index (Phi) is 11.0. The molecule has 0 bridgehead atoms. The number of nitrogens with two attached hydrogens (primary N) is 1. The van der Waals surface area contributed by atoms with E-state index in [1.165, 1.54) is 27.2 Å². The summed E-state index contributed by atoms with van der Waals surface area (Å²) in [6.07, 6.45) is 7.56. The van der Waals surface area contributed by atoms with Gasteiger partial charge in [0.15, 0.2) is 0 Å². The third-order valence-corrected chi connectivity index (χ3v) is 9.64. The van der Waals surface area contributed by atoms with E-state index in [0.29, 0.717) is 12.8 Å². The van der Waals surface area contributed by atoms with Gasteiger partial charge in [-0.25, -0.2) is 0 Å². The van der Waals surface area contributed by atoms with Gasteiger partial charge in [-0.3, -0.25) is 14.4 Å².